The molecule has 1 atom stereocenters. The van der Waals surface area contributed by atoms with Crippen molar-refractivity contribution in [1.29, 1.82) is 5.26 Å². The summed E-state index contributed by atoms with van der Waals surface area (Å²) in [5.41, 5.74) is -0.0528. The van der Waals surface area contributed by atoms with E-state index < -0.39 is 5.54 Å². The van der Waals surface area contributed by atoms with Gasteiger partial charge in [-0.25, -0.2) is 4.98 Å². The number of carbonyl (C=O) groups is 1. The van der Waals surface area contributed by atoms with E-state index in [1.165, 1.54) is 11.8 Å². The van der Waals surface area contributed by atoms with E-state index in [9.17, 15) is 10.1 Å². The van der Waals surface area contributed by atoms with Gasteiger partial charge < -0.3 is 15.0 Å². The smallest absolute Gasteiger partial charge is 0.231 e. The first kappa shape index (κ1) is 14.9. The first-order chi connectivity index (χ1) is 9.50. The van der Waals surface area contributed by atoms with Crippen LogP contribution in [0.1, 0.15) is 25.5 Å². The number of aliphatic hydroxyl groups excluding tert-OH is 1. The van der Waals surface area contributed by atoms with Crippen molar-refractivity contribution in [2.45, 2.75) is 37.1 Å². The average molecular weight is 294 g/mol. The molecule has 1 aliphatic carbocycles. The zero-order valence-electron chi connectivity index (χ0n) is 11.6. The van der Waals surface area contributed by atoms with Crippen LogP contribution in [-0.4, -0.2) is 31.9 Å². The van der Waals surface area contributed by atoms with Crippen molar-refractivity contribution in [3.05, 3.63) is 11.9 Å². The highest BCUT2D eigenvalue weighted by Crippen LogP contribution is 2.39. The van der Waals surface area contributed by atoms with E-state index in [0.717, 1.165) is 12.8 Å². The molecule has 6 nitrogen and oxygen atoms in total. The average Bonchev–Trinajstić information content (AvgIpc) is 3.22. The summed E-state index contributed by atoms with van der Waals surface area (Å²) in [5, 5.41) is 21.8. The van der Waals surface area contributed by atoms with Gasteiger partial charge >= 0.3 is 0 Å². The maximum absolute atomic E-state index is 11.9. The topological polar surface area (TPSA) is 90.9 Å². The minimum Gasteiger partial charge on any atom is -0.390 e. The Kier molecular flexibility index (Phi) is 4.35. The maximum atomic E-state index is 11.9. The predicted molar refractivity (Wildman–Crippen MR) is 74.7 cm³/mol. The van der Waals surface area contributed by atoms with Gasteiger partial charge in [-0.2, -0.15) is 5.26 Å². The van der Waals surface area contributed by atoms with E-state index in [1.54, 1.807) is 24.7 Å². The third-order valence-electron chi connectivity index (χ3n) is 3.56. The molecule has 0 aliphatic heterocycles. The number of thioether (sulfide) groups is 1. The number of aliphatic hydroxyl groups is 1. The standard InChI is InChI=1S/C13H18N4O2S/c1-13(8-14,9-3-4-9)16-11(19)7-20-12-15-5-10(6-18)17(12)2/h5,9,18H,3-4,6-7H2,1-2H3,(H,16,19). The Morgan fingerprint density at radius 2 is 2.45 bits per heavy atom. The van der Waals surface area contributed by atoms with Gasteiger partial charge in [0.15, 0.2) is 5.16 Å². The third-order valence-corrected chi connectivity index (χ3v) is 4.61. The van der Waals surface area contributed by atoms with Crippen molar-refractivity contribution in [2.24, 2.45) is 13.0 Å². The SMILES string of the molecule is Cn1c(CO)cnc1SCC(=O)NC(C)(C#N)C1CC1. The lowest BCUT2D eigenvalue weighted by Crippen LogP contribution is -2.47. The molecule has 2 rings (SSSR count). The van der Waals surface area contributed by atoms with Gasteiger partial charge in [0.1, 0.15) is 5.54 Å². The molecule has 0 spiro atoms. The number of amides is 1. The van der Waals surface area contributed by atoms with E-state index in [1.807, 2.05) is 0 Å². The lowest BCUT2D eigenvalue weighted by atomic mass is 9.98. The van der Waals surface area contributed by atoms with E-state index in [-0.39, 0.29) is 24.2 Å². The number of carbonyl (C=O) groups excluding carboxylic acids is 1. The van der Waals surface area contributed by atoms with E-state index in [4.69, 9.17) is 5.11 Å². The molecule has 1 saturated carbocycles. The Morgan fingerprint density at radius 3 is 2.95 bits per heavy atom. The zero-order valence-corrected chi connectivity index (χ0v) is 12.4. The molecule has 1 aromatic rings. The van der Waals surface area contributed by atoms with Crippen LogP contribution in [0.3, 0.4) is 0 Å². The number of hydrogen-bond acceptors (Lipinski definition) is 5. The van der Waals surface area contributed by atoms with Crippen molar-refractivity contribution in [2.75, 3.05) is 5.75 Å². The van der Waals surface area contributed by atoms with Gasteiger partial charge in [0.05, 0.1) is 30.3 Å². The lowest BCUT2D eigenvalue weighted by Gasteiger charge is -2.22. The minimum atomic E-state index is -0.754. The molecule has 0 radical (unpaired) electrons. The second-order valence-corrected chi connectivity index (χ2v) is 6.12. The number of aromatic nitrogens is 2. The number of rotatable bonds is 6. The first-order valence-electron chi connectivity index (χ1n) is 6.46. The van der Waals surface area contributed by atoms with Gasteiger partial charge in [-0.1, -0.05) is 11.8 Å². The molecular weight excluding hydrogens is 276 g/mol. The largest absolute Gasteiger partial charge is 0.390 e. The van der Waals surface area contributed by atoms with Crippen LogP contribution >= 0.6 is 11.8 Å². The Bertz CT molecular complexity index is 547. The molecule has 7 heteroatoms. The quantitative estimate of drug-likeness (QED) is 0.758. The van der Waals surface area contributed by atoms with Crippen molar-refractivity contribution in [3.8, 4) is 6.07 Å². The van der Waals surface area contributed by atoms with Gasteiger partial charge in [-0.15, -0.1) is 0 Å². The number of hydrogen-bond donors (Lipinski definition) is 2. The van der Waals surface area contributed by atoms with Crippen LogP contribution in [0.25, 0.3) is 0 Å². The fourth-order valence-electron chi connectivity index (χ4n) is 2.04. The summed E-state index contributed by atoms with van der Waals surface area (Å²) in [7, 11) is 1.79. The highest BCUT2D eigenvalue weighted by atomic mass is 32.2. The van der Waals surface area contributed by atoms with Crippen LogP contribution in [0.4, 0.5) is 0 Å². The minimum absolute atomic E-state index is 0.0789. The van der Waals surface area contributed by atoms with Gasteiger partial charge in [0, 0.05) is 7.05 Å². The van der Waals surface area contributed by atoms with Gasteiger partial charge in [-0.05, 0) is 25.7 Å². The fourth-order valence-corrected chi connectivity index (χ4v) is 2.82. The van der Waals surface area contributed by atoms with Crippen LogP contribution < -0.4 is 5.32 Å². The molecule has 2 N–H and O–H groups in total. The van der Waals surface area contributed by atoms with Crippen molar-refractivity contribution < 1.29 is 9.90 Å². The highest BCUT2D eigenvalue weighted by Gasteiger charge is 2.42. The summed E-state index contributed by atoms with van der Waals surface area (Å²) in [6.07, 6.45) is 3.58. The Morgan fingerprint density at radius 1 is 1.75 bits per heavy atom. The second kappa shape index (κ2) is 5.85. The molecule has 1 unspecified atom stereocenters. The van der Waals surface area contributed by atoms with Crippen molar-refractivity contribution in [1.82, 2.24) is 14.9 Å². The molecule has 1 amide bonds. The molecule has 1 aliphatic rings. The summed E-state index contributed by atoms with van der Waals surface area (Å²) in [4.78, 5) is 16.1. The van der Waals surface area contributed by atoms with Crippen molar-refractivity contribution in [3.63, 3.8) is 0 Å². The Hall–Kier alpha value is -1.52. The summed E-state index contributed by atoms with van der Waals surface area (Å²) in [5.74, 6) is 0.315. The highest BCUT2D eigenvalue weighted by molar-refractivity contribution is 7.99. The Labute approximate surface area is 122 Å². The Balaban J connectivity index is 1.89. The fraction of sp³-hybridized carbons (Fsp3) is 0.615. The van der Waals surface area contributed by atoms with E-state index in [2.05, 4.69) is 16.4 Å². The van der Waals surface area contributed by atoms with Crippen LogP contribution in [0.15, 0.2) is 11.4 Å². The molecule has 1 aromatic heterocycles. The zero-order chi connectivity index (χ0) is 14.8. The third kappa shape index (κ3) is 3.14. The molecular formula is C13H18N4O2S. The van der Waals surface area contributed by atoms with Crippen molar-refractivity contribution >= 4 is 17.7 Å². The molecule has 1 heterocycles. The molecule has 20 heavy (non-hydrogen) atoms. The van der Waals surface area contributed by atoms with Crippen LogP contribution in [0, 0.1) is 17.2 Å². The molecule has 108 valence electrons. The summed E-state index contributed by atoms with van der Waals surface area (Å²) < 4.78 is 1.75. The normalized spacial score (nSPS) is 17.3. The molecule has 1 fully saturated rings. The summed E-state index contributed by atoms with van der Waals surface area (Å²) in [6.45, 7) is 1.70. The number of nitriles is 1. The van der Waals surface area contributed by atoms with Gasteiger partial charge in [0.2, 0.25) is 5.91 Å². The monoisotopic (exact) mass is 294 g/mol. The predicted octanol–water partition coefficient (Wildman–Crippen LogP) is 0.813. The number of nitrogens with zero attached hydrogens (tertiary/aromatic N) is 3. The number of nitrogens with one attached hydrogen (secondary N) is 1. The van der Waals surface area contributed by atoms with E-state index in [0.29, 0.717) is 10.9 Å². The maximum Gasteiger partial charge on any atom is 0.231 e. The van der Waals surface area contributed by atoms with Gasteiger partial charge in [-0.3, -0.25) is 4.79 Å². The number of imidazole rings is 1. The lowest BCUT2D eigenvalue weighted by molar-refractivity contribution is -0.119. The second-order valence-electron chi connectivity index (χ2n) is 5.17. The van der Waals surface area contributed by atoms with E-state index >= 15 is 0 Å². The summed E-state index contributed by atoms with van der Waals surface area (Å²) >= 11 is 1.29. The molecule has 0 bridgehead atoms. The van der Waals surface area contributed by atoms with Crippen LogP contribution in [0.5, 0.6) is 0 Å². The molecule has 0 aromatic carbocycles. The van der Waals surface area contributed by atoms with Crippen LogP contribution in [-0.2, 0) is 18.4 Å². The summed E-state index contributed by atoms with van der Waals surface area (Å²) in [6, 6.07) is 2.20. The first-order valence-corrected chi connectivity index (χ1v) is 7.45. The van der Waals surface area contributed by atoms with Gasteiger partial charge in [0.25, 0.3) is 0 Å². The molecule has 0 saturated heterocycles. The van der Waals surface area contributed by atoms with Crippen LogP contribution in [0.2, 0.25) is 0 Å².